The summed E-state index contributed by atoms with van der Waals surface area (Å²) >= 11 is 1.79. The number of hydrogen-bond acceptors (Lipinski definition) is 4. The van der Waals surface area contributed by atoms with Crippen molar-refractivity contribution in [1.29, 1.82) is 0 Å². The second-order valence-electron chi connectivity index (χ2n) is 4.95. The molecule has 0 aliphatic carbocycles. The molecule has 96 valence electrons. The molecule has 1 atom stereocenters. The van der Waals surface area contributed by atoms with Gasteiger partial charge in [0.2, 0.25) is 0 Å². The number of aryl methyl sites for hydroxylation is 2. The quantitative estimate of drug-likeness (QED) is 0.852. The molecule has 3 rings (SSSR count). The van der Waals surface area contributed by atoms with Crippen molar-refractivity contribution < 1.29 is 0 Å². The summed E-state index contributed by atoms with van der Waals surface area (Å²) < 4.78 is 2.10. The predicted molar refractivity (Wildman–Crippen MR) is 72.4 cm³/mol. The Kier molecular flexibility index (Phi) is 3.18. The van der Waals surface area contributed by atoms with Crippen LogP contribution in [0.15, 0.2) is 17.9 Å². The molecular formula is C13H18N4S. The van der Waals surface area contributed by atoms with Gasteiger partial charge in [-0.3, -0.25) is 4.90 Å². The van der Waals surface area contributed by atoms with Gasteiger partial charge in [-0.15, -0.1) is 11.3 Å². The van der Waals surface area contributed by atoms with E-state index in [2.05, 4.69) is 38.8 Å². The number of thiazole rings is 1. The second kappa shape index (κ2) is 4.82. The second-order valence-corrected chi connectivity index (χ2v) is 5.84. The van der Waals surface area contributed by atoms with E-state index in [0.717, 1.165) is 18.8 Å². The van der Waals surface area contributed by atoms with E-state index in [0.29, 0.717) is 6.04 Å². The van der Waals surface area contributed by atoms with E-state index in [1.165, 1.54) is 23.5 Å². The lowest BCUT2D eigenvalue weighted by molar-refractivity contribution is 0.242. The summed E-state index contributed by atoms with van der Waals surface area (Å²) in [5, 5.41) is 3.42. The number of rotatable bonds is 3. The Morgan fingerprint density at radius 1 is 1.50 bits per heavy atom. The van der Waals surface area contributed by atoms with Gasteiger partial charge >= 0.3 is 0 Å². The summed E-state index contributed by atoms with van der Waals surface area (Å²) in [4.78, 5) is 11.4. The third-order valence-corrected chi connectivity index (χ3v) is 4.63. The molecule has 1 saturated heterocycles. The standard InChI is InChI=1S/C13H18N4S/c1-10-8-18-13(15-10)12-4-3-5-17(12)7-11-6-14-9-16(11)2/h6,8-9,12H,3-5,7H2,1-2H3. The summed E-state index contributed by atoms with van der Waals surface area (Å²) in [6, 6.07) is 0.499. The van der Waals surface area contributed by atoms with Gasteiger partial charge in [0, 0.05) is 30.9 Å². The zero-order valence-electron chi connectivity index (χ0n) is 10.8. The van der Waals surface area contributed by atoms with Crippen molar-refractivity contribution in [2.24, 2.45) is 7.05 Å². The predicted octanol–water partition coefficient (Wildman–Crippen LogP) is 2.52. The molecule has 1 aliphatic rings. The van der Waals surface area contributed by atoms with Crippen LogP contribution in [0.3, 0.4) is 0 Å². The first-order valence-corrected chi connectivity index (χ1v) is 7.23. The average Bonchev–Trinajstić information content (AvgIpc) is 3.03. The fraction of sp³-hybridized carbons (Fsp3) is 0.538. The van der Waals surface area contributed by atoms with E-state index in [1.54, 1.807) is 11.3 Å². The number of hydrogen-bond donors (Lipinski definition) is 0. The van der Waals surface area contributed by atoms with Crippen LogP contribution in [-0.2, 0) is 13.6 Å². The molecule has 0 spiro atoms. The highest BCUT2D eigenvalue weighted by atomic mass is 32.1. The fourth-order valence-electron chi connectivity index (χ4n) is 2.57. The minimum absolute atomic E-state index is 0.499. The number of likely N-dealkylation sites (tertiary alicyclic amines) is 1. The molecule has 0 bridgehead atoms. The highest BCUT2D eigenvalue weighted by molar-refractivity contribution is 7.09. The van der Waals surface area contributed by atoms with Crippen LogP contribution in [-0.4, -0.2) is 26.0 Å². The Balaban J connectivity index is 1.77. The Hall–Kier alpha value is -1.20. The molecule has 5 heteroatoms. The molecule has 4 nitrogen and oxygen atoms in total. The molecule has 0 saturated carbocycles. The number of imidazole rings is 1. The van der Waals surface area contributed by atoms with Gasteiger partial charge in [0.05, 0.1) is 18.1 Å². The van der Waals surface area contributed by atoms with Crippen molar-refractivity contribution in [1.82, 2.24) is 19.4 Å². The number of nitrogens with zero attached hydrogens (tertiary/aromatic N) is 4. The molecule has 0 N–H and O–H groups in total. The van der Waals surface area contributed by atoms with Crippen molar-refractivity contribution >= 4 is 11.3 Å². The molecule has 1 unspecified atom stereocenters. The van der Waals surface area contributed by atoms with Crippen LogP contribution in [0.2, 0.25) is 0 Å². The highest BCUT2D eigenvalue weighted by Gasteiger charge is 2.28. The highest BCUT2D eigenvalue weighted by Crippen LogP contribution is 2.34. The fourth-order valence-corrected chi connectivity index (χ4v) is 3.53. The molecule has 18 heavy (non-hydrogen) atoms. The van der Waals surface area contributed by atoms with Crippen LogP contribution in [0, 0.1) is 6.92 Å². The normalized spacial score (nSPS) is 20.7. The maximum atomic E-state index is 4.65. The van der Waals surface area contributed by atoms with Gasteiger partial charge in [-0.05, 0) is 26.3 Å². The van der Waals surface area contributed by atoms with E-state index >= 15 is 0 Å². The van der Waals surface area contributed by atoms with Gasteiger partial charge < -0.3 is 4.57 Å². The summed E-state index contributed by atoms with van der Waals surface area (Å²) in [7, 11) is 2.06. The Bertz CT molecular complexity index is 531. The summed E-state index contributed by atoms with van der Waals surface area (Å²) in [5.41, 5.74) is 2.41. The smallest absolute Gasteiger partial charge is 0.110 e. The summed E-state index contributed by atoms with van der Waals surface area (Å²) in [6.45, 7) is 4.20. The van der Waals surface area contributed by atoms with Crippen LogP contribution in [0.4, 0.5) is 0 Å². The molecule has 0 radical (unpaired) electrons. The van der Waals surface area contributed by atoms with E-state index in [4.69, 9.17) is 0 Å². The van der Waals surface area contributed by atoms with E-state index < -0.39 is 0 Å². The minimum Gasteiger partial charge on any atom is -0.337 e. The van der Waals surface area contributed by atoms with Gasteiger partial charge in [-0.2, -0.15) is 0 Å². The first-order valence-electron chi connectivity index (χ1n) is 6.35. The molecule has 0 amide bonds. The van der Waals surface area contributed by atoms with Crippen molar-refractivity contribution in [2.75, 3.05) is 6.54 Å². The molecule has 1 aliphatic heterocycles. The lowest BCUT2D eigenvalue weighted by Gasteiger charge is -2.22. The summed E-state index contributed by atoms with van der Waals surface area (Å²) in [5.74, 6) is 0. The molecule has 1 fully saturated rings. The van der Waals surface area contributed by atoms with Crippen LogP contribution >= 0.6 is 11.3 Å². The molecule has 3 heterocycles. The van der Waals surface area contributed by atoms with E-state index in [-0.39, 0.29) is 0 Å². The van der Waals surface area contributed by atoms with Crippen molar-refractivity contribution in [3.8, 4) is 0 Å². The lowest BCUT2D eigenvalue weighted by atomic mass is 10.2. The Labute approximate surface area is 111 Å². The van der Waals surface area contributed by atoms with Crippen LogP contribution in [0.5, 0.6) is 0 Å². The van der Waals surface area contributed by atoms with Crippen molar-refractivity contribution in [3.63, 3.8) is 0 Å². The third kappa shape index (κ3) is 2.20. The lowest BCUT2D eigenvalue weighted by Crippen LogP contribution is -2.23. The SMILES string of the molecule is Cc1csc(C2CCCN2Cc2cncn2C)n1. The summed E-state index contributed by atoms with van der Waals surface area (Å²) in [6.07, 6.45) is 6.32. The molecule has 2 aromatic rings. The Morgan fingerprint density at radius 3 is 3.06 bits per heavy atom. The third-order valence-electron chi connectivity index (χ3n) is 3.57. The monoisotopic (exact) mass is 262 g/mol. The minimum atomic E-state index is 0.499. The van der Waals surface area contributed by atoms with Gasteiger partial charge in [0.25, 0.3) is 0 Å². The van der Waals surface area contributed by atoms with Gasteiger partial charge in [-0.1, -0.05) is 0 Å². The zero-order valence-corrected chi connectivity index (χ0v) is 11.7. The van der Waals surface area contributed by atoms with E-state index in [1.807, 2.05) is 12.5 Å². The van der Waals surface area contributed by atoms with E-state index in [9.17, 15) is 0 Å². The Morgan fingerprint density at radius 2 is 2.39 bits per heavy atom. The molecular weight excluding hydrogens is 244 g/mol. The van der Waals surface area contributed by atoms with Gasteiger partial charge in [-0.25, -0.2) is 9.97 Å². The average molecular weight is 262 g/mol. The number of aromatic nitrogens is 3. The van der Waals surface area contributed by atoms with Crippen molar-refractivity contribution in [3.05, 3.63) is 34.3 Å². The van der Waals surface area contributed by atoms with Crippen molar-refractivity contribution in [2.45, 2.75) is 32.4 Å². The molecule has 0 aromatic carbocycles. The van der Waals surface area contributed by atoms with Crippen LogP contribution in [0.1, 0.15) is 35.3 Å². The first-order chi connectivity index (χ1) is 8.74. The van der Waals surface area contributed by atoms with Gasteiger partial charge in [0.1, 0.15) is 5.01 Å². The first kappa shape index (κ1) is 11.9. The maximum Gasteiger partial charge on any atom is 0.110 e. The largest absolute Gasteiger partial charge is 0.337 e. The maximum absolute atomic E-state index is 4.65. The zero-order chi connectivity index (χ0) is 12.5. The topological polar surface area (TPSA) is 34.0 Å². The van der Waals surface area contributed by atoms with Crippen LogP contribution < -0.4 is 0 Å². The van der Waals surface area contributed by atoms with Gasteiger partial charge in [0.15, 0.2) is 0 Å². The molecule has 2 aromatic heterocycles. The van der Waals surface area contributed by atoms with Crippen LogP contribution in [0.25, 0.3) is 0 Å².